The van der Waals surface area contributed by atoms with Crippen molar-refractivity contribution in [3.8, 4) is 0 Å². The highest BCUT2D eigenvalue weighted by atomic mass is 16.6. The van der Waals surface area contributed by atoms with Gasteiger partial charge >= 0.3 is 0 Å². The Balaban J connectivity index is 2.40. The molecule has 1 saturated heterocycles. The van der Waals surface area contributed by atoms with Crippen LogP contribution in [0.4, 0.5) is 11.4 Å². The Morgan fingerprint density at radius 3 is 2.57 bits per heavy atom. The number of rotatable bonds is 4. The Morgan fingerprint density at radius 2 is 2.05 bits per heavy atom. The first-order chi connectivity index (χ1) is 10.1. The highest BCUT2D eigenvalue weighted by Crippen LogP contribution is 2.32. The molecular formula is C13H18N4O4. The third-order valence-corrected chi connectivity index (χ3v) is 3.69. The lowest BCUT2D eigenvalue weighted by Gasteiger charge is -2.35. The number of hydrogen-bond donors (Lipinski definition) is 2. The Hall–Kier alpha value is -2.19. The van der Waals surface area contributed by atoms with Crippen molar-refractivity contribution in [3.05, 3.63) is 33.9 Å². The molecule has 0 atom stereocenters. The molecule has 0 aliphatic carbocycles. The van der Waals surface area contributed by atoms with Crippen LogP contribution in [0.25, 0.3) is 0 Å². The molecule has 8 nitrogen and oxygen atoms in total. The summed E-state index contributed by atoms with van der Waals surface area (Å²) in [7, 11) is 0. The first-order valence-corrected chi connectivity index (χ1v) is 6.77. The number of nitrogens with zero attached hydrogens (tertiary/aromatic N) is 3. The molecule has 1 aromatic rings. The summed E-state index contributed by atoms with van der Waals surface area (Å²) in [6.07, 6.45) is 0. The van der Waals surface area contributed by atoms with Gasteiger partial charge < -0.3 is 9.80 Å². The molecule has 1 aliphatic heterocycles. The zero-order chi connectivity index (χ0) is 15.4. The molecule has 114 valence electrons. The lowest BCUT2D eigenvalue weighted by Crippen LogP contribution is -2.47. The van der Waals surface area contributed by atoms with E-state index in [4.69, 9.17) is 5.21 Å². The van der Waals surface area contributed by atoms with E-state index in [2.05, 4.69) is 11.8 Å². The van der Waals surface area contributed by atoms with Crippen molar-refractivity contribution in [1.82, 2.24) is 10.4 Å². The van der Waals surface area contributed by atoms with Crippen LogP contribution in [0.1, 0.15) is 17.3 Å². The number of piperazine rings is 1. The molecule has 1 aromatic carbocycles. The molecule has 0 spiro atoms. The molecule has 1 amide bonds. The summed E-state index contributed by atoms with van der Waals surface area (Å²) >= 11 is 0. The summed E-state index contributed by atoms with van der Waals surface area (Å²) in [5.41, 5.74) is 1.80. The lowest BCUT2D eigenvalue weighted by molar-refractivity contribution is -0.384. The van der Waals surface area contributed by atoms with Gasteiger partial charge in [-0.15, -0.1) is 0 Å². The van der Waals surface area contributed by atoms with Crippen LogP contribution in [0, 0.1) is 10.1 Å². The van der Waals surface area contributed by atoms with E-state index < -0.39 is 10.8 Å². The molecule has 0 radical (unpaired) electrons. The van der Waals surface area contributed by atoms with Gasteiger partial charge in [-0.25, -0.2) is 5.48 Å². The highest BCUT2D eigenvalue weighted by molar-refractivity contribution is 6.01. The molecule has 2 rings (SSSR count). The summed E-state index contributed by atoms with van der Waals surface area (Å²) in [4.78, 5) is 26.5. The minimum Gasteiger partial charge on any atom is -0.363 e. The van der Waals surface area contributed by atoms with Crippen molar-refractivity contribution in [2.45, 2.75) is 6.92 Å². The van der Waals surface area contributed by atoms with E-state index in [1.54, 1.807) is 5.48 Å². The van der Waals surface area contributed by atoms with Gasteiger partial charge in [0.2, 0.25) is 0 Å². The molecular weight excluding hydrogens is 276 g/mol. The second-order valence-electron chi connectivity index (χ2n) is 4.79. The summed E-state index contributed by atoms with van der Waals surface area (Å²) in [6.45, 7) is 5.75. The predicted octanol–water partition coefficient (Wildman–Crippen LogP) is 0.856. The Kier molecular flexibility index (Phi) is 4.71. The van der Waals surface area contributed by atoms with Crippen molar-refractivity contribution in [3.63, 3.8) is 0 Å². The standard InChI is InChI=1S/C13H18N4O4/c1-2-15-6-8-16(9-7-15)12-10(13(18)14-19)4-3-5-11(12)17(20)21/h3-5,19H,2,6-9H2,1H3,(H,14,18). The molecule has 0 bridgehead atoms. The Bertz CT molecular complexity index is 541. The fourth-order valence-electron chi connectivity index (χ4n) is 2.54. The molecule has 0 saturated carbocycles. The van der Waals surface area contributed by atoms with Crippen LogP contribution in [0.5, 0.6) is 0 Å². The van der Waals surface area contributed by atoms with E-state index in [-0.39, 0.29) is 16.9 Å². The number of likely N-dealkylation sites (N-methyl/N-ethyl adjacent to an activating group) is 1. The number of benzene rings is 1. The smallest absolute Gasteiger partial charge is 0.293 e. The minimum absolute atomic E-state index is 0.108. The molecule has 1 heterocycles. The number of para-hydroxylation sites is 1. The van der Waals surface area contributed by atoms with Crippen molar-refractivity contribution >= 4 is 17.3 Å². The van der Waals surface area contributed by atoms with Gasteiger partial charge in [0.1, 0.15) is 5.69 Å². The first-order valence-electron chi connectivity index (χ1n) is 6.77. The summed E-state index contributed by atoms with van der Waals surface area (Å²) in [6, 6.07) is 4.28. The Morgan fingerprint density at radius 1 is 1.38 bits per heavy atom. The van der Waals surface area contributed by atoms with Crippen LogP contribution in [0.15, 0.2) is 18.2 Å². The number of hydrogen-bond acceptors (Lipinski definition) is 6. The van der Waals surface area contributed by atoms with Gasteiger partial charge in [0.15, 0.2) is 0 Å². The SMILES string of the molecule is CCN1CCN(c2c(C(=O)NO)cccc2[N+](=O)[O-])CC1. The zero-order valence-corrected chi connectivity index (χ0v) is 11.8. The van der Waals surface area contributed by atoms with Gasteiger partial charge in [-0.2, -0.15) is 0 Å². The number of nitrogens with one attached hydrogen (secondary N) is 1. The summed E-state index contributed by atoms with van der Waals surface area (Å²) in [5.74, 6) is -0.744. The maximum absolute atomic E-state index is 11.8. The average molecular weight is 294 g/mol. The van der Waals surface area contributed by atoms with E-state index in [1.165, 1.54) is 18.2 Å². The third-order valence-electron chi connectivity index (χ3n) is 3.69. The van der Waals surface area contributed by atoms with Crippen LogP contribution in [0.3, 0.4) is 0 Å². The number of carbonyl (C=O) groups is 1. The average Bonchev–Trinajstić information content (AvgIpc) is 2.53. The molecule has 21 heavy (non-hydrogen) atoms. The first kappa shape index (κ1) is 15.2. The maximum atomic E-state index is 11.8. The molecule has 2 N–H and O–H groups in total. The monoisotopic (exact) mass is 294 g/mol. The van der Waals surface area contributed by atoms with Crippen LogP contribution < -0.4 is 10.4 Å². The second kappa shape index (κ2) is 6.51. The van der Waals surface area contributed by atoms with Crippen molar-refractivity contribution in [2.75, 3.05) is 37.6 Å². The normalized spacial score (nSPS) is 15.8. The molecule has 0 aromatic heterocycles. The van der Waals surface area contributed by atoms with Gasteiger partial charge in [-0.1, -0.05) is 13.0 Å². The van der Waals surface area contributed by atoms with E-state index in [9.17, 15) is 14.9 Å². The topological polar surface area (TPSA) is 99.0 Å². The fraction of sp³-hybridized carbons (Fsp3) is 0.462. The van der Waals surface area contributed by atoms with Gasteiger partial charge in [0.25, 0.3) is 11.6 Å². The quantitative estimate of drug-likeness (QED) is 0.485. The fourth-order valence-corrected chi connectivity index (χ4v) is 2.54. The van der Waals surface area contributed by atoms with E-state index in [0.717, 1.165) is 19.6 Å². The summed E-state index contributed by atoms with van der Waals surface area (Å²) < 4.78 is 0. The van der Waals surface area contributed by atoms with Gasteiger partial charge in [0.05, 0.1) is 10.5 Å². The molecule has 1 fully saturated rings. The van der Waals surface area contributed by atoms with Crippen LogP contribution in [-0.4, -0.2) is 53.7 Å². The van der Waals surface area contributed by atoms with E-state index >= 15 is 0 Å². The zero-order valence-electron chi connectivity index (χ0n) is 11.8. The number of hydroxylamine groups is 1. The largest absolute Gasteiger partial charge is 0.363 e. The van der Waals surface area contributed by atoms with Crippen LogP contribution in [0.2, 0.25) is 0 Å². The number of nitro groups is 1. The maximum Gasteiger partial charge on any atom is 0.293 e. The van der Waals surface area contributed by atoms with Crippen molar-refractivity contribution < 1.29 is 14.9 Å². The van der Waals surface area contributed by atoms with Crippen LogP contribution >= 0.6 is 0 Å². The number of amides is 1. The third kappa shape index (κ3) is 3.11. The minimum atomic E-state index is -0.744. The highest BCUT2D eigenvalue weighted by Gasteiger charge is 2.28. The van der Waals surface area contributed by atoms with E-state index in [0.29, 0.717) is 13.1 Å². The summed E-state index contributed by atoms with van der Waals surface area (Å²) in [5, 5.41) is 20.0. The van der Waals surface area contributed by atoms with Gasteiger partial charge in [0, 0.05) is 32.2 Å². The second-order valence-corrected chi connectivity index (χ2v) is 4.79. The van der Waals surface area contributed by atoms with Crippen molar-refractivity contribution in [1.29, 1.82) is 0 Å². The number of anilines is 1. The lowest BCUT2D eigenvalue weighted by atomic mass is 10.1. The predicted molar refractivity (Wildman–Crippen MR) is 76.7 cm³/mol. The number of carbonyl (C=O) groups excluding carboxylic acids is 1. The Labute approximate surface area is 122 Å². The molecule has 8 heteroatoms. The molecule has 1 aliphatic rings. The van der Waals surface area contributed by atoms with Crippen LogP contribution in [-0.2, 0) is 0 Å². The van der Waals surface area contributed by atoms with Gasteiger partial charge in [-0.3, -0.25) is 20.1 Å². The van der Waals surface area contributed by atoms with E-state index in [1.807, 2.05) is 4.90 Å². The van der Waals surface area contributed by atoms with Gasteiger partial charge in [-0.05, 0) is 12.6 Å². The number of nitro benzene ring substituents is 1. The molecule has 0 unspecified atom stereocenters. The van der Waals surface area contributed by atoms with Crippen molar-refractivity contribution in [2.24, 2.45) is 0 Å².